The maximum absolute atomic E-state index is 14.2. The Morgan fingerprint density at radius 3 is 2.50 bits per heavy atom. The monoisotopic (exact) mass is 320 g/mol. The number of halogens is 1. The fourth-order valence-corrected chi connectivity index (χ4v) is 4.09. The second-order valence-corrected chi connectivity index (χ2v) is 7.45. The number of benzene rings is 2. The van der Waals surface area contributed by atoms with E-state index in [1.807, 2.05) is 25.1 Å². The molecule has 2 aromatic carbocycles. The summed E-state index contributed by atoms with van der Waals surface area (Å²) in [5.41, 5.74) is 1.75. The lowest BCUT2D eigenvalue weighted by molar-refractivity contribution is 0.367. The van der Waals surface area contributed by atoms with Gasteiger partial charge in [-0.1, -0.05) is 46.7 Å². The molecule has 0 aromatic heterocycles. The molecule has 0 saturated carbocycles. The smallest absolute Gasteiger partial charge is 0.161 e. The van der Waals surface area contributed by atoms with E-state index in [-0.39, 0.29) is 25.3 Å². The Kier molecular flexibility index (Phi) is 5.08. The van der Waals surface area contributed by atoms with E-state index in [4.69, 9.17) is 4.74 Å². The fourth-order valence-electron chi connectivity index (χ4n) is 2.54. The van der Waals surface area contributed by atoms with Crippen molar-refractivity contribution in [3.63, 3.8) is 0 Å². The number of aryl methyl sites for hydroxylation is 1. The quantitative estimate of drug-likeness (QED) is 0.823. The van der Waals surface area contributed by atoms with Crippen LogP contribution in [0.3, 0.4) is 0 Å². The fraction of sp³-hybridized carbons (Fsp3) is 0.333. The number of hydrogen-bond donors (Lipinski definition) is 1. The van der Waals surface area contributed by atoms with E-state index in [0.29, 0.717) is 5.75 Å². The topological polar surface area (TPSA) is 29.5 Å². The van der Waals surface area contributed by atoms with Gasteiger partial charge in [-0.05, 0) is 31.0 Å². The minimum absolute atomic E-state index is 0.149. The van der Waals surface area contributed by atoms with Gasteiger partial charge in [0.05, 0.1) is 7.11 Å². The number of rotatable bonds is 5. The minimum Gasteiger partial charge on any atom is -0.504 e. The van der Waals surface area contributed by atoms with Gasteiger partial charge in [0.1, 0.15) is 5.82 Å². The number of ether oxygens (including phenoxy) is 1. The first-order chi connectivity index (χ1) is 10.4. The van der Waals surface area contributed by atoms with Crippen molar-refractivity contribution >= 4 is 13.9 Å². The van der Waals surface area contributed by atoms with Gasteiger partial charge in [-0.3, -0.25) is 0 Å². The highest BCUT2D eigenvalue weighted by Crippen LogP contribution is 2.49. The molecule has 2 aromatic rings. The van der Waals surface area contributed by atoms with Crippen LogP contribution in [0, 0.1) is 12.7 Å². The summed E-state index contributed by atoms with van der Waals surface area (Å²) < 4.78 is 19.4. The number of hydrogen-bond acceptors (Lipinski definition) is 2. The van der Waals surface area contributed by atoms with E-state index in [2.05, 4.69) is 13.8 Å². The first kappa shape index (κ1) is 16.8. The van der Waals surface area contributed by atoms with Crippen molar-refractivity contribution in [1.82, 2.24) is 0 Å². The van der Waals surface area contributed by atoms with Crippen LogP contribution in [0.4, 0.5) is 4.39 Å². The Morgan fingerprint density at radius 2 is 1.91 bits per heavy atom. The van der Waals surface area contributed by atoms with Crippen LogP contribution in [0.25, 0.3) is 0 Å². The van der Waals surface area contributed by atoms with Crippen molar-refractivity contribution < 1.29 is 14.2 Å². The summed E-state index contributed by atoms with van der Waals surface area (Å²) in [6.07, 6.45) is 0.792. The third kappa shape index (κ3) is 3.10. The van der Waals surface area contributed by atoms with Crippen molar-refractivity contribution in [2.24, 2.45) is 0 Å². The van der Waals surface area contributed by atoms with Crippen molar-refractivity contribution in [1.29, 1.82) is 0 Å². The van der Waals surface area contributed by atoms with E-state index in [1.54, 1.807) is 12.1 Å². The van der Waals surface area contributed by atoms with Gasteiger partial charge in [-0.2, -0.15) is 0 Å². The molecule has 0 bridgehead atoms. The summed E-state index contributed by atoms with van der Waals surface area (Å²) in [4.78, 5) is 0. The average molecular weight is 320 g/mol. The third-order valence-corrected chi connectivity index (χ3v) is 6.20. The van der Waals surface area contributed by atoms with Gasteiger partial charge in [-0.25, -0.2) is 4.39 Å². The summed E-state index contributed by atoms with van der Waals surface area (Å²) in [5, 5.41) is 10.8. The summed E-state index contributed by atoms with van der Waals surface area (Å²) in [5.74, 6) is 0.420. The van der Waals surface area contributed by atoms with Gasteiger partial charge in [0.25, 0.3) is 0 Å². The maximum Gasteiger partial charge on any atom is 0.161 e. The molecule has 2 rings (SSSR count). The van der Waals surface area contributed by atoms with Gasteiger partial charge in [0, 0.05) is 16.0 Å². The summed E-state index contributed by atoms with van der Waals surface area (Å²) in [6.45, 7) is 6.04. The second kappa shape index (κ2) is 6.66. The second-order valence-electron chi connectivity index (χ2n) is 5.60. The Hall–Kier alpha value is -1.60. The standard InChI is InChI=1S/C18H22FO2P/c1-5-18(3,13-9-7-11-15(21-4)16(13)20)22-17-12(2)8-6-10-14(17)19/h6-11,20,22H,5H2,1-4H3. The number of methoxy groups -OCH3 is 1. The highest BCUT2D eigenvalue weighted by Gasteiger charge is 2.30. The van der Waals surface area contributed by atoms with Gasteiger partial charge >= 0.3 is 0 Å². The molecule has 0 aliphatic rings. The van der Waals surface area contributed by atoms with Gasteiger partial charge in [0.2, 0.25) is 0 Å². The largest absolute Gasteiger partial charge is 0.504 e. The van der Waals surface area contributed by atoms with Crippen LogP contribution in [0.5, 0.6) is 11.5 Å². The van der Waals surface area contributed by atoms with Crippen LogP contribution < -0.4 is 10.0 Å². The lowest BCUT2D eigenvalue weighted by atomic mass is 9.96. The zero-order chi connectivity index (χ0) is 16.3. The lowest BCUT2D eigenvalue weighted by Gasteiger charge is -2.31. The normalized spacial score (nSPS) is 14.2. The van der Waals surface area contributed by atoms with Crippen LogP contribution in [-0.4, -0.2) is 12.2 Å². The van der Waals surface area contributed by atoms with Crippen LogP contribution in [0.2, 0.25) is 0 Å². The summed E-state index contributed by atoms with van der Waals surface area (Å²) in [6, 6.07) is 10.6. The zero-order valence-electron chi connectivity index (χ0n) is 13.4. The Bertz CT molecular complexity index is 652. The molecular weight excluding hydrogens is 298 g/mol. The minimum atomic E-state index is -0.342. The lowest BCUT2D eigenvalue weighted by Crippen LogP contribution is -2.21. The third-order valence-electron chi connectivity index (χ3n) is 4.14. The van der Waals surface area contributed by atoms with Crippen molar-refractivity contribution in [3.05, 3.63) is 53.3 Å². The molecule has 1 N–H and O–H groups in total. The number of phenolic OH excluding ortho intramolecular Hbond substituents is 1. The Labute approximate surface area is 133 Å². The van der Waals surface area contributed by atoms with Crippen molar-refractivity contribution in [2.45, 2.75) is 32.3 Å². The summed E-state index contributed by atoms with van der Waals surface area (Å²) in [7, 11) is 1.76. The first-order valence-electron chi connectivity index (χ1n) is 7.32. The predicted molar refractivity (Wildman–Crippen MR) is 91.4 cm³/mol. The molecule has 0 fully saturated rings. The molecule has 118 valence electrons. The van der Waals surface area contributed by atoms with E-state index < -0.39 is 0 Å². The zero-order valence-corrected chi connectivity index (χ0v) is 14.4. The van der Waals surface area contributed by atoms with Crippen molar-refractivity contribution in [2.75, 3.05) is 7.11 Å². The predicted octanol–water partition coefficient (Wildman–Crippen LogP) is 4.48. The highest BCUT2D eigenvalue weighted by molar-refractivity contribution is 7.48. The number of aromatic hydroxyl groups is 1. The molecule has 4 heteroatoms. The van der Waals surface area contributed by atoms with Crippen LogP contribution in [0.15, 0.2) is 36.4 Å². The molecule has 0 heterocycles. The van der Waals surface area contributed by atoms with Gasteiger partial charge < -0.3 is 9.84 Å². The SMILES string of the molecule is CCC(C)(Pc1c(C)cccc1F)c1cccc(OC)c1O. The Balaban J connectivity index is 2.50. The van der Waals surface area contributed by atoms with E-state index in [0.717, 1.165) is 22.9 Å². The molecule has 0 saturated heterocycles. The molecular formula is C18H22FO2P. The van der Waals surface area contributed by atoms with Crippen LogP contribution >= 0.6 is 8.58 Å². The molecule has 0 aliphatic carbocycles. The van der Waals surface area contributed by atoms with E-state index in [1.165, 1.54) is 13.2 Å². The molecule has 0 amide bonds. The molecule has 2 unspecified atom stereocenters. The average Bonchev–Trinajstić information content (AvgIpc) is 2.51. The molecule has 22 heavy (non-hydrogen) atoms. The van der Waals surface area contributed by atoms with Crippen molar-refractivity contribution in [3.8, 4) is 11.5 Å². The van der Waals surface area contributed by atoms with Crippen LogP contribution in [0.1, 0.15) is 31.4 Å². The van der Waals surface area contributed by atoms with Gasteiger partial charge in [-0.15, -0.1) is 0 Å². The Morgan fingerprint density at radius 1 is 1.23 bits per heavy atom. The first-order valence-corrected chi connectivity index (χ1v) is 8.32. The number of phenols is 1. The molecule has 0 aliphatic heterocycles. The maximum atomic E-state index is 14.2. The van der Waals surface area contributed by atoms with Crippen LogP contribution in [-0.2, 0) is 5.16 Å². The molecule has 0 radical (unpaired) electrons. The highest BCUT2D eigenvalue weighted by atomic mass is 31.1. The van der Waals surface area contributed by atoms with Gasteiger partial charge in [0.15, 0.2) is 11.5 Å². The molecule has 0 spiro atoms. The number of para-hydroxylation sites is 1. The molecule has 2 nitrogen and oxygen atoms in total. The summed E-state index contributed by atoms with van der Waals surface area (Å²) >= 11 is 0. The molecule has 2 atom stereocenters. The van der Waals surface area contributed by atoms with E-state index in [9.17, 15) is 9.50 Å². The van der Waals surface area contributed by atoms with E-state index >= 15 is 0 Å².